The molecular weight excluding hydrogens is 490 g/mol. The zero-order valence-corrected chi connectivity index (χ0v) is 24.0. The van der Waals surface area contributed by atoms with Crippen molar-refractivity contribution in [3.63, 3.8) is 0 Å². The number of nitrogens with two attached hydrogens (primary N) is 1. The minimum Gasteiger partial charge on any atom is -0.491 e. The van der Waals surface area contributed by atoms with Crippen molar-refractivity contribution in [1.82, 2.24) is 15.0 Å². The maximum atomic E-state index is 6.37. The quantitative estimate of drug-likeness (QED) is 0.411. The number of hydrogen-bond donors (Lipinski definition) is 1. The van der Waals surface area contributed by atoms with E-state index in [-0.39, 0.29) is 5.41 Å². The lowest BCUT2D eigenvalue weighted by Gasteiger charge is -2.34. The number of fused-ring (bicyclic) bond motifs is 3. The number of hydrogen-bond acceptors (Lipinski definition) is 7. The average molecular weight is 528 g/mol. The number of nitrogens with zero attached hydrogens (tertiary/aromatic N) is 4. The summed E-state index contributed by atoms with van der Waals surface area (Å²) in [4.78, 5) is 18.2. The van der Waals surface area contributed by atoms with Gasteiger partial charge in [0.2, 0.25) is 0 Å². The summed E-state index contributed by atoms with van der Waals surface area (Å²) in [6.45, 7) is 13.3. The van der Waals surface area contributed by atoms with Crippen LogP contribution in [-0.2, 0) is 25.8 Å². The Hall–Kier alpha value is -3.19. The molecule has 1 aromatic carbocycles. The number of rotatable bonds is 2. The van der Waals surface area contributed by atoms with Crippen LogP contribution in [0.15, 0.2) is 23.8 Å². The number of benzene rings is 1. The molecule has 0 amide bonds. The minimum absolute atomic E-state index is 0.261. The second kappa shape index (κ2) is 9.53. The summed E-state index contributed by atoms with van der Waals surface area (Å²) >= 11 is 1.61. The summed E-state index contributed by atoms with van der Waals surface area (Å²) in [5, 5.41) is 0.638. The van der Waals surface area contributed by atoms with Crippen LogP contribution in [0.2, 0.25) is 0 Å². The molecule has 0 saturated heterocycles. The highest BCUT2D eigenvalue weighted by atomic mass is 32.1. The number of thiazole rings is 1. The molecule has 198 valence electrons. The Morgan fingerprint density at radius 2 is 1.87 bits per heavy atom. The summed E-state index contributed by atoms with van der Waals surface area (Å²) < 4.78 is 6.37. The van der Waals surface area contributed by atoms with E-state index in [1.54, 1.807) is 11.3 Å². The van der Waals surface area contributed by atoms with Crippen LogP contribution in [-0.4, -0.2) is 28.1 Å². The van der Waals surface area contributed by atoms with E-state index in [4.69, 9.17) is 20.4 Å². The average Bonchev–Trinajstić information content (AvgIpc) is 3.05. The van der Waals surface area contributed by atoms with E-state index in [1.165, 1.54) is 44.8 Å². The molecule has 2 N–H and O–H groups in total. The molecule has 3 aliphatic rings. The lowest BCUT2D eigenvalue weighted by molar-refractivity contribution is 0.310. The molecule has 6 rings (SSSR count). The standard InChI is InChI=1S/C31H37N5OS/c1-18-6-7-27-26(35-30(32)38-27)15-21(12-18)22-13-19(2)28-23(14-22)17-36(10-11-37-28)29-24-16-31(4,5)9-8-25(24)33-20(3)34-29/h12-15H,6-11,16-17H2,1-5H3,(H2,32,35). The molecule has 2 aromatic heterocycles. The Kier molecular flexibility index (Phi) is 6.29. The molecular formula is C31H37N5OS. The van der Waals surface area contributed by atoms with Gasteiger partial charge in [0.1, 0.15) is 24.0 Å². The fourth-order valence-electron chi connectivity index (χ4n) is 6.05. The fraction of sp³-hybridized carbons (Fsp3) is 0.452. The lowest BCUT2D eigenvalue weighted by atomic mass is 9.76. The van der Waals surface area contributed by atoms with Crippen LogP contribution in [0.1, 0.15) is 78.0 Å². The summed E-state index contributed by atoms with van der Waals surface area (Å²) in [5.41, 5.74) is 16.0. The van der Waals surface area contributed by atoms with Crippen molar-refractivity contribution >= 4 is 33.9 Å². The second-order valence-corrected chi connectivity index (χ2v) is 13.0. The molecule has 0 atom stereocenters. The van der Waals surface area contributed by atoms with E-state index < -0.39 is 0 Å². The predicted octanol–water partition coefficient (Wildman–Crippen LogP) is 6.48. The van der Waals surface area contributed by atoms with Crippen LogP contribution in [0.5, 0.6) is 5.75 Å². The van der Waals surface area contributed by atoms with Crippen molar-refractivity contribution in [2.24, 2.45) is 5.41 Å². The molecule has 0 bridgehead atoms. The third-order valence-electron chi connectivity index (χ3n) is 8.01. The molecule has 6 nitrogen and oxygen atoms in total. The van der Waals surface area contributed by atoms with E-state index in [0.29, 0.717) is 11.7 Å². The SMILES string of the molecule is CC1=CC(c2cc(C)c3c(c2)CN(c2nc(C)nc4c2CC(C)(C)CC4)CCO3)=Cc2nc(N)sc2CC1. The van der Waals surface area contributed by atoms with Crippen LogP contribution in [0.25, 0.3) is 11.6 Å². The van der Waals surface area contributed by atoms with Crippen molar-refractivity contribution in [2.75, 3.05) is 23.8 Å². The molecule has 0 saturated carbocycles. The van der Waals surface area contributed by atoms with Gasteiger partial charge in [-0.15, -0.1) is 11.3 Å². The van der Waals surface area contributed by atoms with Crippen LogP contribution in [0, 0.1) is 19.3 Å². The molecule has 2 aliphatic carbocycles. The van der Waals surface area contributed by atoms with E-state index in [0.717, 1.165) is 67.4 Å². The van der Waals surface area contributed by atoms with Crippen molar-refractivity contribution in [1.29, 1.82) is 0 Å². The third-order valence-corrected chi connectivity index (χ3v) is 8.97. The normalized spacial score (nSPS) is 18.6. The van der Waals surface area contributed by atoms with E-state index in [1.807, 2.05) is 6.92 Å². The zero-order chi connectivity index (χ0) is 26.6. The van der Waals surface area contributed by atoms with Crippen LogP contribution in [0.4, 0.5) is 10.9 Å². The largest absolute Gasteiger partial charge is 0.491 e. The van der Waals surface area contributed by atoms with Crippen molar-refractivity contribution in [3.8, 4) is 5.75 Å². The van der Waals surface area contributed by atoms with Gasteiger partial charge in [0.25, 0.3) is 0 Å². The highest BCUT2D eigenvalue weighted by Crippen LogP contribution is 2.40. The van der Waals surface area contributed by atoms with Crippen LogP contribution >= 0.6 is 11.3 Å². The molecule has 0 fully saturated rings. The number of nitrogen functional groups attached to an aromatic ring is 1. The van der Waals surface area contributed by atoms with E-state index >= 15 is 0 Å². The van der Waals surface area contributed by atoms with Gasteiger partial charge in [-0.1, -0.05) is 25.5 Å². The first-order chi connectivity index (χ1) is 18.1. The highest BCUT2D eigenvalue weighted by Gasteiger charge is 2.31. The zero-order valence-electron chi connectivity index (χ0n) is 23.1. The van der Waals surface area contributed by atoms with Gasteiger partial charge in [0.15, 0.2) is 5.13 Å². The maximum Gasteiger partial charge on any atom is 0.180 e. The Morgan fingerprint density at radius 3 is 2.71 bits per heavy atom. The second-order valence-electron chi connectivity index (χ2n) is 11.9. The summed E-state index contributed by atoms with van der Waals surface area (Å²) in [5.74, 6) is 2.94. The van der Waals surface area contributed by atoms with Gasteiger partial charge in [0.05, 0.1) is 12.2 Å². The van der Waals surface area contributed by atoms with Crippen molar-refractivity contribution in [3.05, 3.63) is 68.1 Å². The van der Waals surface area contributed by atoms with Gasteiger partial charge in [-0.3, -0.25) is 0 Å². The maximum absolute atomic E-state index is 6.37. The first-order valence-corrected chi connectivity index (χ1v) is 14.5. The molecule has 38 heavy (non-hydrogen) atoms. The molecule has 3 aromatic rings. The number of aryl methyl sites for hydroxylation is 4. The number of ether oxygens (including phenoxy) is 1. The van der Waals surface area contributed by atoms with Gasteiger partial charge >= 0.3 is 0 Å². The Labute approximate surface area is 229 Å². The Balaban J connectivity index is 1.42. The van der Waals surface area contributed by atoms with Crippen molar-refractivity contribution < 1.29 is 4.74 Å². The summed E-state index contributed by atoms with van der Waals surface area (Å²) in [6, 6.07) is 4.55. The summed E-state index contributed by atoms with van der Waals surface area (Å²) in [6.07, 6.45) is 9.71. The number of allylic oxidation sites excluding steroid dienone is 3. The van der Waals surface area contributed by atoms with Gasteiger partial charge in [-0.05, 0) is 93.2 Å². The van der Waals surface area contributed by atoms with E-state index in [2.05, 4.69) is 61.9 Å². The highest BCUT2D eigenvalue weighted by molar-refractivity contribution is 7.15. The summed E-state index contributed by atoms with van der Waals surface area (Å²) in [7, 11) is 0. The lowest BCUT2D eigenvalue weighted by Crippen LogP contribution is -2.31. The first kappa shape index (κ1) is 25.1. The Morgan fingerprint density at radius 1 is 1.03 bits per heavy atom. The van der Waals surface area contributed by atoms with Crippen molar-refractivity contribution in [2.45, 2.75) is 73.3 Å². The van der Waals surface area contributed by atoms with Crippen LogP contribution in [0.3, 0.4) is 0 Å². The van der Waals surface area contributed by atoms with Gasteiger partial charge in [-0.25, -0.2) is 15.0 Å². The van der Waals surface area contributed by atoms with E-state index in [9.17, 15) is 0 Å². The smallest absolute Gasteiger partial charge is 0.180 e. The minimum atomic E-state index is 0.261. The molecule has 0 unspecified atom stereocenters. The molecule has 1 aliphatic heterocycles. The monoisotopic (exact) mass is 527 g/mol. The third kappa shape index (κ3) is 4.84. The van der Waals surface area contributed by atoms with Crippen LogP contribution < -0.4 is 15.4 Å². The number of aromatic nitrogens is 3. The first-order valence-electron chi connectivity index (χ1n) is 13.7. The number of anilines is 2. The molecule has 3 heterocycles. The Bertz CT molecular complexity index is 1480. The van der Waals surface area contributed by atoms with Gasteiger partial charge < -0.3 is 15.4 Å². The molecule has 0 spiro atoms. The predicted molar refractivity (Wildman–Crippen MR) is 157 cm³/mol. The fourth-order valence-corrected chi connectivity index (χ4v) is 6.86. The van der Waals surface area contributed by atoms with Gasteiger partial charge in [-0.2, -0.15) is 0 Å². The molecule has 0 radical (unpaired) electrons. The topological polar surface area (TPSA) is 77.2 Å². The van der Waals surface area contributed by atoms with Gasteiger partial charge in [0, 0.05) is 28.2 Å². The molecule has 7 heteroatoms.